The highest BCUT2D eigenvalue weighted by Crippen LogP contribution is 2.15. The minimum atomic E-state index is -0.669. The Bertz CT molecular complexity index is 567. The number of aryl methyl sites for hydroxylation is 1. The first-order chi connectivity index (χ1) is 8.13. The van der Waals surface area contributed by atoms with Crippen molar-refractivity contribution in [2.75, 3.05) is 14.2 Å². The van der Waals surface area contributed by atoms with Gasteiger partial charge < -0.3 is 13.9 Å². The molecule has 0 aliphatic rings. The molecule has 0 radical (unpaired) electrons. The molecule has 0 bridgehead atoms. The molecule has 0 aliphatic heterocycles. The summed E-state index contributed by atoms with van der Waals surface area (Å²) in [5.74, 6) is 0.111. The van der Waals surface area contributed by atoms with E-state index < -0.39 is 5.76 Å². The van der Waals surface area contributed by atoms with Gasteiger partial charge in [0.15, 0.2) is 0 Å². The summed E-state index contributed by atoms with van der Waals surface area (Å²) in [6.07, 6.45) is 0. The predicted molar refractivity (Wildman–Crippen MR) is 55.5 cm³/mol. The van der Waals surface area contributed by atoms with Crippen LogP contribution in [0.3, 0.4) is 0 Å². The van der Waals surface area contributed by atoms with Gasteiger partial charge in [-0.25, -0.2) is 4.79 Å². The molecule has 0 amide bonds. The van der Waals surface area contributed by atoms with Crippen LogP contribution in [0, 0.1) is 6.92 Å². The third-order valence-electron chi connectivity index (χ3n) is 1.92. The third-order valence-corrected chi connectivity index (χ3v) is 1.92. The molecule has 2 aromatic heterocycles. The fraction of sp³-hybridized carbons (Fsp3) is 0.333. The first-order valence-electron chi connectivity index (χ1n) is 4.68. The van der Waals surface area contributed by atoms with Crippen molar-refractivity contribution in [1.82, 2.24) is 19.7 Å². The number of hydrogen-bond acceptors (Lipinski definition) is 7. The monoisotopic (exact) mass is 238 g/mol. The van der Waals surface area contributed by atoms with Gasteiger partial charge in [-0.15, -0.1) is 9.78 Å². The summed E-state index contributed by atoms with van der Waals surface area (Å²) < 4.78 is 15.6. The van der Waals surface area contributed by atoms with E-state index in [-0.39, 0.29) is 23.6 Å². The summed E-state index contributed by atoms with van der Waals surface area (Å²) in [5.41, 5.74) is 0. The Balaban J connectivity index is 2.58. The van der Waals surface area contributed by atoms with Crippen molar-refractivity contribution in [3.05, 3.63) is 22.5 Å². The molecule has 0 fully saturated rings. The van der Waals surface area contributed by atoms with Crippen LogP contribution in [0.15, 0.2) is 15.3 Å². The molecule has 0 atom stereocenters. The van der Waals surface area contributed by atoms with E-state index in [9.17, 15) is 4.79 Å². The third kappa shape index (κ3) is 2.10. The van der Waals surface area contributed by atoms with Crippen LogP contribution in [0.4, 0.5) is 0 Å². The molecule has 2 heterocycles. The Morgan fingerprint density at radius 2 is 1.82 bits per heavy atom. The second kappa shape index (κ2) is 4.24. The summed E-state index contributed by atoms with van der Waals surface area (Å²) in [7, 11) is 2.89. The zero-order chi connectivity index (χ0) is 12.4. The van der Waals surface area contributed by atoms with Crippen LogP contribution in [-0.2, 0) is 0 Å². The van der Waals surface area contributed by atoms with E-state index >= 15 is 0 Å². The van der Waals surface area contributed by atoms with Gasteiger partial charge in [0.05, 0.1) is 20.3 Å². The van der Waals surface area contributed by atoms with Gasteiger partial charge in [0, 0.05) is 6.92 Å². The highest BCUT2D eigenvalue weighted by Gasteiger charge is 2.13. The average Bonchev–Trinajstić information content (AvgIpc) is 2.67. The van der Waals surface area contributed by atoms with Gasteiger partial charge in [-0.05, 0) is 0 Å². The molecule has 0 saturated carbocycles. The van der Waals surface area contributed by atoms with Crippen LogP contribution in [0.1, 0.15) is 5.89 Å². The molecule has 2 aromatic rings. The van der Waals surface area contributed by atoms with E-state index in [4.69, 9.17) is 13.9 Å². The Hall–Kier alpha value is -2.38. The topological polar surface area (TPSA) is 92.3 Å². The Morgan fingerprint density at radius 3 is 2.24 bits per heavy atom. The average molecular weight is 238 g/mol. The summed E-state index contributed by atoms with van der Waals surface area (Å²) in [6, 6.07) is 1.49. The van der Waals surface area contributed by atoms with Gasteiger partial charge in [-0.1, -0.05) is 0 Å². The fourth-order valence-corrected chi connectivity index (χ4v) is 1.19. The molecule has 90 valence electrons. The molecule has 8 heteroatoms. The summed E-state index contributed by atoms with van der Waals surface area (Å²) in [5, 5.41) is 3.83. The van der Waals surface area contributed by atoms with Crippen molar-refractivity contribution in [3.8, 4) is 17.7 Å². The van der Waals surface area contributed by atoms with Crippen molar-refractivity contribution in [3.63, 3.8) is 0 Å². The zero-order valence-corrected chi connectivity index (χ0v) is 9.50. The van der Waals surface area contributed by atoms with Crippen LogP contribution in [0.25, 0.3) is 5.95 Å². The standard InChI is InChI=1S/C9H10N4O4/c1-5-12-13(9(14)17-5)8-10-6(15-2)4-7(11-8)16-3/h4H,1-3H3. The minimum Gasteiger partial charge on any atom is -0.481 e. The highest BCUT2D eigenvalue weighted by molar-refractivity contribution is 5.25. The van der Waals surface area contributed by atoms with Gasteiger partial charge in [0.1, 0.15) is 0 Å². The van der Waals surface area contributed by atoms with Crippen LogP contribution in [0.2, 0.25) is 0 Å². The SMILES string of the molecule is COc1cc(OC)nc(-n2nc(C)oc2=O)n1. The number of hydrogen-bond donors (Lipinski definition) is 0. The summed E-state index contributed by atoms with van der Waals surface area (Å²) in [6.45, 7) is 1.55. The summed E-state index contributed by atoms with van der Waals surface area (Å²) >= 11 is 0. The van der Waals surface area contributed by atoms with Crippen LogP contribution in [0.5, 0.6) is 11.8 Å². The Labute approximate surface area is 95.8 Å². The lowest BCUT2D eigenvalue weighted by atomic mass is 10.6. The van der Waals surface area contributed by atoms with E-state index in [0.717, 1.165) is 4.68 Å². The lowest BCUT2D eigenvalue weighted by Crippen LogP contribution is -2.17. The normalized spacial score (nSPS) is 10.3. The molecule has 0 aliphatic carbocycles. The second-order valence-corrected chi connectivity index (χ2v) is 3.05. The lowest BCUT2D eigenvalue weighted by molar-refractivity contribution is 0.369. The predicted octanol–water partition coefficient (Wildman–Crippen LogP) is -0.0589. The van der Waals surface area contributed by atoms with E-state index in [2.05, 4.69) is 15.1 Å². The molecular formula is C9H10N4O4. The van der Waals surface area contributed by atoms with E-state index in [1.807, 2.05) is 0 Å². The number of rotatable bonds is 3. The number of ether oxygens (including phenoxy) is 2. The van der Waals surface area contributed by atoms with Crippen molar-refractivity contribution < 1.29 is 13.9 Å². The van der Waals surface area contributed by atoms with Gasteiger partial charge in [0.2, 0.25) is 17.7 Å². The molecule has 0 saturated heterocycles. The zero-order valence-electron chi connectivity index (χ0n) is 9.50. The fourth-order valence-electron chi connectivity index (χ4n) is 1.19. The first kappa shape index (κ1) is 11.1. The van der Waals surface area contributed by atoms with Crippen LogP contribution >= 0.6 is 0 Å². The quantitative estimate of drug-likeness (QED) is 0.739. The number of aromatic nitrogens is 4. The largest absolute Gasteiger partial charge is 0.481 e. The molecule has 0 N–H and O–H groups in total. The maximum absolute atomic E-state index is 11.4. The molecule has 0 spiro atoms. The maximum Gasteiger partial charge on any atom is 0.444 e. The van der Waals surface area contributed by atoms with Gasteiger partial charge >= 0.3 is 5.76 Å². The molecule has 17 heavy (non-hydrogen) atoms. The van der Waals surface area contributed by atoms with Crippen molar-refractivity contribution in [2.45, 2.75) is 6.92 Å². The summed E-state index contributed by atoms with van der Waals surface area (Å²) in [4.78, 5) is 19.4. The molecule has 2 rings (SSSR count). The molecule has 8 nitrogen and oxygen atoms in total. The first-order valence-corrected chi connectivity index (χ1v) is 4.68. The molecule has 0 unspecified atom stereocenters. The van der Waals surface area contributed by atoms with E-state index in [1.54, 1.807) is 6.92 Å². The van der Waals surface area contributed by atoms with Gasteiger partial charge in [-0.2, -0.15) is 9.97 Å². The lowest BCUT2D eigenvalue weighted by Gasteiger charge is -2.04. The maximum atomic E-state index is 11.4. The van der Waals surface area contributed by atoms with Crippen molar-refractivity contribution in [2.24, 2.45) is 0 Å². The van der Waals surface area contributed by atoms with Crippen molar-refractivity contribution >= 4 is 0 Å². The van der Waals surface area contributed by atoms with Crippen molar-refractivity contribution in [1.29, 1.82) is 0 Å². The Morgan fingerprint density at radius 1 is 1.24 bits per heavy atom. The van der Waals surface area contributed by atoms with E-state index in [1.165, 1.54) is 20.3 Å². The van der Waals surface area contributed by atoms with E-state index in [0.29, 0.717) is 0 Å². The van der Waals surface area contributed by atoms with Gasteiger partial charge in [0.25, 0.3) is 5.95 Å². The minimum absolute atomic E-state index is 0.0306. The molecule has 0 aromatic carbocycles. The number of nitrogens with zero attached hydrogens (tertiary/aromatic N) is 4. The molecular weight excluding hydrogens is 228 g/mol. The highest BCUT2D eigenvalue weighted by atomic mass is 16.5. The van der Waals surface area contributed by atoms with Crippen LogP contribution in [-0.4, -0.2) is 34.0 Å². The van der Waals surface area contributed by atoms with Gasteiger partial charge in [-0.3, -0.25) is 0 Å². The Kier molecular flexibility index (Phi) is 2.77. The second-order valence-electron chi connectivity index (χ2n) is 3.05. The smallest absolute Gasteiger partial charge is 0.444 e. The number of methoxy groups -OCH3 is 2. The van der Waals surface area contributed by atoms with Crippen LogP contribution < -0.4 is 15.2 Å².